The van der Waals surface area contributed by atoms with Crippen molar-refractivity contribution in [1.82, 2.24) is 9.97 Å². The fourth-order valence-corrected chi connectivity index (χ4v) is 4.24. The SMILES string of the molecule is CCCc1ccccc1-c1cc2nc(C(=O)OC)[nH]c2cc1-c1ccccc1CCC. The number of H-pyrrole nitrogens is 1. The maximum Gasteiger partial charge on any atom is 0.374 e. The summed E-state index contributed by atoms with van der Waals surface area (Å²) < 4.78 is 4.87. The number of hydrogen-bond donors (Lipinski definition) is 1. The van der Waals surface area contributed by atoms with Crippen molar-refractivity contribution in [1.29, 1.82) is 0 Å². The first-order valence-corrected chi connectivity index (χ1v) is 10.9. The molecule has 4 nitrogen and oxygen atoms in total. The van der Waals surface area contributed by atoms with Crippen molar-refractivity contribution < 1.29 is 9.53 Å². The van der Waals surface area contributed by atoms with Crippen LogP contribution in [0, 0.1) is 0 Å². The summed E-state index contributed by atoms with van der Waals surface area (Å²) in [6.45, 7) is 4.41. The smallest absolute Gasteiger partial charge is 0.374 e. The Balaban J connectivity index is 2.01. The molecule has 1 aromatic heterocycles. The summed E-state index contributed by atoms with van der Waals surface area (Å²) in [6, 6.07) is 21.4. The number of rotatable bonds is 7. The summed E-state index contributed by atoms with van der Waals surface area (Å²) in [4.78, 5) is 19.7. The van der Waals surface area contributed by atoms with Gasteiger partial charge in [0.25, 0.3) is 0 Å². The number of aromatic nitrogens is 2. The largest absolute Gasteiger partial charge is 0.463 e. The fraction of sp³-hybridized carbons (Fsp3) is 0.259. The van der Waals surface area contributed by atoms with Gasteiger partial charge in [0, 0.05) is 0 Å². The number of benzene rings is 3. The van der Waals surface area contributed by atoms with E-state index in [4.69, 9.17) is 4.74 Å². The van der Waals surface area contributed by atoms with Gasteiger partial charge < -0.3 is 9.72 Å². The number of fused-ring (bicyclic) bond motifs is 1. The number of imidazole rings is 1. The van der Waals surface area contributed by atoms with Crippen molar-refractivity contribution in [3.8, 4) is 22.3 Å². The lowest BCUT2D eigenvalue weighted by atomic mass is 9.87. The zero-order chi connectivity index (χ0) is 21.8. The zero-order valence-electron chi connectivity index (χ0n) is 18.4. The van der Waals surface area contributed by atoms with Gasteiger partial charge in [-0.05, 0) is 58.4 Å². The van der Waals surface area contributed by atoms with Gasteiger partial charge in [-0.2, -0.15) is 0 Å². The predicted molar refractivity (Wildman–Crippen MR) is 126 cm³/mol. The Kier molecular flexibility index (Phi) is 6.17. The molecule has 4 heteroatoms. The second-order valence-electron chi connectivity index (χ2n) is 7.81. The Morgan fingerprint density at radius 1 is 0.839 bits per heavy atom. The van der Waals surface area contributed by atoms with Crippen LogP contribution in [0.2, 0.25) is 0 Å². The van der Waals surface area contributed by atoms with Gasteiger partial charge in [0.15, 0.2) is 0 Å². The Morgan fingerprint density at radius 2 is 1.39 bits per heavy atom. The van der Waals surface area contributed by atoms with E-state index in [1.54, 1.807) is 0 Å². The van der Waals surface area contributed by atoms with Crippen LogP contribution in [0.25, 0.3) is 33.3 Å². The lowest BCUT2D eigenvalue weighted by molar-refractivity contribution is 0.0588. The van der Waals surface area contributed by atoms with Gasteiger partial charge in [0.2, 0.25) is 5.82 Å². The molecule has 4 rings (SSSR count). The number of nitrogens with one attached hydrogen (secondary N) is 1. The van der Waals surface area contributed by atoms with Crippen LogP contribution in [-0.4, -0.2) is 23.0 Å². The van der Waals surface area contributed by atoms with E-state index in [-0.39, 0.29) is 5.82 Å². The van der Waals surface area contributed by atoms with Gasteiger partial charge >= 0.3 is 5.97 Å². The number of esters is 1. The third-order valence-corrected chi connectivity index (χ3v) is 5.65. The van der Waals surface area contributed by atoms with Gasteiger partial charge in [-0.1, -0.05) is 75.2 Å². The number of carbonyl (C=O) groups is 1. The Morgan fingerprint density at radius 3 is 1.94 bits per heavy atom. The van der Waals surface area contributed by atoms with Crippen molar-refractivity contribution >= 4 is 17.0 Å². The minimum atomic E-state index is -0.461. The molecule has 0 saturated carbocycles. The summed E-state index contributed by atoms with van der Waals surface area (Å²) in [5, 5.41) is 0. The molecule has 0 bridgehead atoms. The minimum Gasteiger partial charge on any atom is -0.463 e. The maximum absolute atomic E-state index is 12.1. The van der Waals surface area contributed by atoms with Gasteiger partial charge in [-0.3, -0.25) is 0 Å². The van der Waals surface area contributed by atoms with Crippen LogP contribution in [0.4, 0.5) is 0 Å². The van der Waals surface area contributed by atoms with Gasteiger partial charge in [-0.15, -0.1) is 0 Å². The van der Waals surface area contributed by atoms with Crippen molar-refractivity contribution in [2.75, 3.05) is 7.11 Å². The Labute approximate surface area is 183 Å². The first-order chi connectivity index (χ1) is 15.2. The summed E-state index contributed by atoms with van der Waals surface area (Å²) in [5.74, 6) is -0.235. The average Bonchev–Trinajstić information content (AvgIpc) is 3.22. The number of nitrogens with zero attached hydrogens (tertiary/aromatic N) is 1. The van der Waals surface area contributed by atoms with Crippen LogP contribution in [0.1, 0.15) is 48.4 Å². The molecule has 0 aliphatic carbocycles. The van der Waals surface area contributed by atoms with E-state index in [2.05, 4.69) is 84.5 Å². The van der Waals surface area contributed by atoms with E-state index >= 15 is 0 Å². The van der Waals surface area contributed by atoms with E-state index in [1.807, 2.05) is 0 Å². The molecule has 0 fully saturated rings. The molecule has 31 heavy (non-hydrogen) atoms. The predicted octanol–water partition coefficient (Wildman–Crippen LogP) is 6.59. The van der Waals surface area contributed by atoms with Gasteiger partial charge in [-0.25, -0.2) is 9.78 Å². The van der Waals surface area contributed by atoms with E-state index < -0.39 is 5.97 Å². The van der Waals surface area contributed by atoms with Crippen LogP contribution >= 0.6 is 0 Å². The van der Waals surface area contributed by atoms with Crippen LogP contribution < -0.4 is 0 Å². The number of aryl methyl sites for hydroxylation is 2. The first kappa shape index (κ1) is 20.9. The molecule has 0 atom stereocenters. The molecule has 158 valence electrons. The summed E-state index contributed by atoms with van der Waals surface area (Å²) >= 11 is 0. The van der Waals surface area contributed by atoms with Gasteiger partial charge in [0.05, 0.1) is 18.1 Å². The van der Waals surface area contributed by atoms with E-state index in [0.29, 0.717) is 0 Å². The Hall–Kier alpha value is -3.40. The molecule has 0 saturated heterocycles. The highest BCUT2D eigenvalue weighted by Crippen LogP contribution is 2.38. The molecule has 0 radical (unpaired) electrons. The van der Waals surface area contributed by atoms with Gasteiger partial charge in [0.1, 0.15) is 0 Å². The molecule has 0 unspecified atom stereocenters. The number of hydrogen-bond acceptors (Lipinski definition) is 3. The van der Waals surface area contributed by atoms with Crippen LogP contribution in [-0.2, 0) is 17.6 Å². The standard InChI is InChI=1S/C27H28N2O2/c1-4-10-18-12-6-8-14-20(18)22-16-24-25(29-26(28-24)27(30)31-3)17-23(22)21-15-9-7-13-19(21)11-5-2/h6-9,12-17H,4-5,10-11H2,1-3H3,(H,28,29). The highest BCUT2D eigenvalue weighted by molar-refractivity contribution is 5.97. The van der Waals surface area contributed by atoms with Crippen LogP contribution in [0.15, 0.2) is 60.7 Å². The molecule has 4 aromatic rings. The summed E-state index contributed by atoms with van der Waals surface area (Å²) in [7, 11) is 1.37. The number of carbonyl (C=O) groups excluding carboxylic acids is 1. The monoisotopic (exact) mass is 412 g/mol. The third kappa shape index (κ3) is 4.11. The Bertz CT molecular complexity index is 1140. The molecule has 1 N–H and O–H groups in total. The van der Waals surface area contributed by atoms with Crippen molar-refractivity contribution in [2.24, 2.45) is 0 Å². The number of methoxy groups -OCH3 is 1. The molecular weight excluding hydrogens is 384 g/mol. The third-order valence-electron chi connectivity index (χ3n) is 5.65. The van der Waals surface area contributed by atoms with Crippen LogP contribution in [0.5, 0.6) is 0 Å². The molecule has 0 spiro atoms. The molecule has 0 aliphatic heterocycles. The topological polar surface area (TPSA) is 55.0 Å². The minimum absolute atomic E-state index is 0.226. The first-order valence-electron chi connectivity index (χ1n) is 10.9. The summed E-state index contributed by atoms with van der Waals surface area (Å²) in [6.07, 6.45) is 4.19. The van der Waals surface area contributed by atoms with E-state index in [0.717, 1.165) is 47.8 Å². The molecule has 3 aromatic carbocycles. The fourth-order valence-electron chi connectivity index (χ4n) is 4.24. The van der Waals surface area contributed by atoms with E-state index in [1.165, 1.54) is 29.4 Å². The number of ether oxygens (including phenoxy) is 1. The molecule has 0 amide bonds. The normalized spacial score (nSPS) is 11.1. The molecule has 0 aliphatic rings. The number of aromatic amines is 1. The van der Waals surface area contributed by atoms with Crippen molar-refractivity contribution in [2.45, 2.75) is 39.5 Å². The van der Waals surface area contributed by atoms with E-state index in [9.17, 15) is 4.79 Å². The average molecular weight is 413 g/mol. The quantitative estimate of drug-likeness (QED) is 0.348. The summed E-state index contributed by atoms with van der Waals surface area (Å²) in [5.41, 5.74) is 8.98. The van der Waals surface area contributed by atoms with Crippen molar-refractivity contribution in [3.63, 3.8) is 0 Å². The lowest BCUT2D eigenvalue weighted by Gasteiger charge is -2.17. The second-order valence-corrected chi connectivity index (χ2v) is 7.81. The highest BCUT2D eigenvalue weighted by Gasteiger charge is 2.18. The molecular formula is C27H28N2O2. The van der Waals surface area contributed by atoms with Crippen molar-refractivity contribution in [3.05, 3.63) is 77.6 Å². The zero-order valence-corrected chi connectivity index (χ0v) is 18.4. The highest BCUT2D eigenvalue weighted by atomic mass is 16.5. The lowest BCUT2D eigenvalue weighted by Crippen LogP contribution is -2.02. The maximum atomic E-state index is 12.1. The second kappa shape index (κ2) is 9.17. The van der Waals surface area contributed by atoms with Crippen LogP contribution in [0.3, 0.4) is 0 Å². The molecule has 1 heterocycles.